The van der Waals surface area contributed by atoms with Gasteiger partial charge in [-0.25, -0.2) is 9.78 Å². The molecule has 30 heavy (non-hydrogen) atoms. The number of methoxy groups -OCH3 is 1. The summed E-state index contributed by atoms with van der Waals surface area (Å²) in [5.41, 5.74) is 2.12. The number of hydrogen-bond donors (Lipinski definition) is 2. The molecule has 0 aliphatic heterocycles. The minimum atomic E-state index is -1.23. The van der Waals surface area contributed by atoms with Gasteiger partial charge in [-0.2, -0.15) is 0 Å². The van der Waals surface area contributed by atoms with E-state index in [9.17, 15) is 14.7 Å². The van der Waals surface area contributed by atoms with Crippen LogP contribution in [-0.4, -0.2) is 32.7 Å². The normalized spacial score (nSPS) is 10.9. The predicted octanol–water partition coefficient (Wildman–Crippen LogP) is 4.13. The van der Waals surface area contributed by atoms with Gasteiger partial charge in [-0.15, -0.1) is 0 Å². The zero-order valence-corrected chi connectivity index (χ0v) is 17.0. The summed E-state index contributed by atoms with van der Waals surface area (Å²) in [7, 11) is 1.55. The fourth-order valence-electron chi connectivity index (χ4n) is 3.33. The standard InChI is InChI=1S/C22H17N3O4S/c1-12-5-3-7-14(9-12)25-19-18(20(26)24-22(25)30)16(21(27)28)11-17(23-19)13-6-4-8-15(10-13)29-2/h3-11H,1-2H3,(H,27,28)(H,24,26,30). The number of rotatable bonds is 4. The number of aryl methyl sites for hydroxylation is 1. The molecule has 0 amide bonds. The van der Waals surface area contributed by atoms with E-state index in [-0.39, 0.29) is 21.4 Å². The van der Waals surface area contributed by atoms with Gasteiger partial charge in [0.05, 0.1) is 29.4 Å². The van der Waals surface area contributed by atoms with E-state index >= 15 is 0 Å². The molecule has 4 rings (SSSR count). The number of carboxylic acid groups (broad SMARTS) is 1. The largest absolute Gasteiger partial charge is 0.497 e. The highest BCUT2D eigenvalue weighted by molar-refractivity contribution is 7.71. The Morgan fingerprint density at radius 2 is 1.93 bits per heavy atom. The number of nitrogens with one attached hydrogen (secondary N) is 1. The first-order valence-electron chi connectivity index (χ1n) is 9.04. The van der Waals surface area contributed by atoms with Crippen LogP contribution in [0.15, 0.2) is 59.4 Å². The molecular weight excluding hydrogens is 402 g/mol. The van der Waals surface area contributed by atoms with E-state index in [4.69, 9.17) is 17.0 Å². The van der Waals surface area contributed by atoms with Crippen molar-refractivity contribution in [3.05, 3.63) is 80.8 Å². The van der Waals surface area contributed by atoms with E-state index in [0.717, 1.165) is 5.56 Å². The van der Waals surface area contributed by atoms with Crippen molar-refractivity contribution in [2.24, 2.45) is 0 Å². The van der Waals surface area contributed by atoms with Gasteiger partial charge in [0.2, 0.25) is 0 Å². The number of fused-ring (bicyclic) bond motifs is 1. The first kappa shape index (κ1) is 19.5. The van der Waals surface area contributed by atoms with Crippen molar-refractivity contribution in [1.29, 1.82) is 0 Å². The highest BCUT2D eigenvalue weighted by Crippen LogP contribution is 2.27. The molecule has 150 valence electrons. The smallest absolute Gasteiger partial charge is 0.336 e. The Morgan fingerprint density at radius 1 is 1.17 bits per heavy atom. The van der Waals surface area contributed by atoms with Crippen LogP contribution in [0.1, 0.15) is 15.9 Å². The Labute approximate surface area is 176 Å². The molecule has 0 unspecified atom stereocenters. The summed E-state index contributed by atoms with van der Waals surface area (Å²) < 4.78 is 6.97. The molecule has 7 nitrogen and oxygen atoms in total. The monoisotopic (exact) mass is 419 g/mol. The van der Waals surface area contributed by atoms with Gasteiger partial charge in [0.25, 0.3) is 5.56 Å². The fourth-order valence-corrected chi connectivity index (χ4v) is 3.62. The number of aromatic amines is 1. The molecule has 0 spiro atoms. The fraction of sp³-hybridized carbons (Fsp3) is 0.0909. The average molecular weight is 419 g/mol. The third kappa shape index (κ3) is 3.37. The molecule has 2 aromatic heterocycles. The molecule has 2 heterocycles. The lowest BCUT2D eigenvalue weighted by Gasteiger charge is -2.14. The Bertz CT molecular complexity index is 1420. The molecular formula is C22H17N3O4S. The minimum Gasteiger partial charge on any atom is -0.497 e. The lowest BCUT2D eigenvalue weighted by molar-refractivity contribution is 0.0699. The van der Waals surface area contributed by atoms with E-state index in [0.29, 0.717) is 22.7 Å². The lowest BCUT2D eigenvalue weighted by atomic mass is 10.1. The van der Waals surface area contributed by atoms with Crippen molar-refractivity contribution >= 4 is 29.2 Å². The predicted molar refractivity (Wildman–Crippen MR) is 116 cm³/mol. The van der Waals surface area contributed by atoms with Crippen molar-refractivity contribution in [2.75, 3.05) is 7.11 Å². The highest BCUT2D eigenvalue weighted by atomic mass is 32.1. The first-order valence-corrected chi connectivity index (χ1v) is 9.44. The van der Waals surface area contributed by atoms with Crippen LogP contribution in [0, 0.1) is 11.7 Å². The van der Waals surface area contributed by atoms with Gasteiger partial charge in [0, 0.05) is 5.56 Å². The zero-order valence-electron chi connectivity index (χ0n) is 16.2. The minimum absolute atomic E-state index is 0.0377. The molecule has 0 aliphatic carbocycles. The molecule has 8 heteroatoms. The Morgan fingerprint density at radius 3 is 2.63 bits per heavy atom. The van der Waals surface area contributed by atoms with E-state index < -0.39 is 11.5 Å². The molecule has 0 fully saturated rings. The molecule has 0 saturated heterocycles. The second-order valence-corrected chi connectivity index (χ2v) is 7.11. The molecule has 2 aromatic carbocycles. The van der Waals surface area contributed by atoms with Crippen molar-refractivity contribution in [2.45, 2.75) is 6.92 Å². The number of H-pyrrole nitrogens is 1. The molecule has 0 radical (unpaired) electrons. The van der Waals surface area contributed by atoms with E-state index in [1.807, 2.05) is 31.2 Å². The Balaban J connectivity index is 2.15. The number of carbonyl (C=O) groups is 1. The number of benzene rings is 2. The molecule has 0 saturated carbocycles. The summed E-state index contributed by atoms with van der Waals surface area (Å²) in [6, 6.07) is 16.0. The molecule has 4 aromatic rings. The number of hydrogen-bond acceptors (Lipinski definition) is 5. The van der Waals surface area contributed by atoms with Gasteiger partial charge in [-0.3, -0.25) is 14.3 Å². The average Bonchev–Trinajstić information content (AvgIpc) is 2.73. The van der Waals surface area contributed by atoms with Crippen molar-refractivity contribution in [3.63, 3.8) is 0 Å². The van der Waals surface area contributed by atoms with E-state index in [2.05, 4.69) is 9.97 Å². The number of aromatic carboxylic acids is 1. The van der Waals surface area contributed by atoms with Crippen LogP contribution in [0.5, 0.6) is 5.75 Å². The summed E-state index contributed by atoms with van der Waals surface area (Å²) >= 11 is 5.40. The summed E-state index contributed by atoms with van der Waals surface area (Å²) in [6.45, 7) is 1.93. The summed E-state index contributed by atoms with van der Waals surface area (Å²) in [5.74, 6) is -0.627. The third-order valence-electron chi connectivity index (χ3n) is 4.72. The first-order chi connectivity index (χ1) is 14.4. The van der Waals surface area contributed by atoms with Crippen molar-refractivity contribution in [3.8, 4) is 22.7 Å². The maximum atomic E-state index is 12.7. The Hall–Kier alpha value is -3.78. The van der Waals surface area contributed by atoms with Gasteiger partial charge in [-0.1, -0.05) is 24.3 Å². The summed E-state index contributed by atoms with van der Waals surface area (Å²) in [6.07, 6.45) is 0. The number of aromatic nitrogens is 3. The van der Waals surface area contributed by atoms with Crippen molar-refractivity contribution < 1.29 is 14.6 Å². The van der Waals surface area contributed by atoms with Crippen LogP contribution in [0.25, 0.3) is 28.0 Å². The van der Waals surface area contributed by atoms with Crippen LogP contribution in [0.4, 0.5) is 0 Å². The van der Waals surface area contributed by atoms with Crippen LogP contribution >= 0.6 is 12.2 Å². The molecule has 0 atom stereocenters. The summed E-state index contributed by atoms with van der Waals surface area (Å²) in [5, 5.41) is 9.78. The molecule has 0 bridgehead atoms. The Kier molecular flexibility index (Phi) is 4.93. The zero-order chi connectivity index (χ0) is 21.4. The highest BCUT2D eigenvalue weighted by Gasteiger charge is 2.19. The summed E-state index contributed by atoms with van der Waals surface area (Å²) in [4.78, 5) is 31.9. The SMILES string of the molecule is COc1cccc(-c2cc(C(=O)O)c3c(=O)[nH]c(=S)n(-c4cccc(C)c4)c3n2)c1. The van der Waals surface area contributed by atoms with Gasteiger partial charge in [-0.05, 0) is 55.0 Å². The van der Waals surface area contributed by atoms with E-state index in [1.54, 1.807) is 35.9 Å². The third-order valence-corrected chi connectivity index (χ3v) is 5.00. The number of ether oxygens (including phenoxy) is 1. The van der Waals surface area contributed by atoms with Crippen LogP contribution < -0.4 is 10.3 Å². The van der Waals surface area contributed by atoms with Crippen molar-refractivity contribution in [1.82, 2.24) is 14.5 Å². The molecule has 0 aliphatic rings. The van der Waals surface area contributed by atoms with Gasteiger partial charge in [0.15, 0.2) is 10.4 Å². The number of carboxylic acids is 1. The lowest BCUT2D eigenvalue weighted by Crippen LogP contribution is -2.18. The molecule has 2 N–H and O–H groups in total. The quantitative estimate of drug-likeness (QED) is 0.483. The number of pyridine rings is 1. The number of nitrogens with zero attached hydrogens (tertiary/aromatic N) is 2. The van der Waals surface area contributed by atoms with E-state index in [1.165, 1.54) is 6.07 Å². The van der Waals surface area contributed by atoms with Gasteiger partial charge in [0.1, 0.15) is 5.75 Å². The van der Waals surface area contributed by atoms with Gasteiger partial charge >= 0.3 is 5.97 Å². The van der Waals surface area contributed by atoms with Crippen LogP contribution in [-0.2, 0) is 0 Å². The van der Waals surface area contributed by atoms with Crippen LogP contribution in [0.3, 0.4) is 0 Å². The second-order valence-electron chi connectivity index (χ2n) is 6.72. The maximum absolute atomic E-state index is 12.7. The topological polar surface area (TPSA) is 97.2 Å². The van der Waals surface area contributed by atoms with Crippen LogP contribution in [0.2, 0.25) is 0 Å². The van der Waals surface area contributed by atoms with Gasteiger partial charge < -0.3 is 9.84 Å². The maximum Gasteiger partial charge on any atom is 0.336 e. The second kappa shape index (κ2) is 7.57.